The molecule has 0 N–H and O–H groups in total. The highest BCUT2D eigenvalue weighted by Crippen LogP contribution is 2.29. The number of hydrogen-bond acceptors (Lipinski definition) is 0. The van der Waals surface area contributed by atoms with E-state index in [9.17, 15) is 13.2 Å². The zero-order chi connectivity index (χ0) is 9.83. The minimum atomic E-state index is -4.03. The molecule has 0 fully saturated rings. The van der Waals surface area contributed by atoms with E-state index in [1.54, 1.807) is 0 Å². The molecule has 0 heterocycles. The topological polar surface area (TPSA) is 0 Å². The molecule has 0 nitrogen and oxygen atoms in total. The van der Waals surface area contributed by atoms with Crippen molar-refractivity contribution in [2.75, 3.05) is 5.88 Å². The molecular weight excluding hydrogens is 189 g/mol. The second-order valence-electron chi connectivity index (χ2n) is 3.77. The zero-order valence-corrected chi connectivity index (χ0v) is 8.10. The standard InChI is InChI=1S/C8H14ClF3/c1-7(2,6-9)4-3-5-8(10,11)12/h3-6H2,1-2H3. The Morgan fingerprint density at radius 1 is 1.08 bits per heavy atom. The average molecular weight is 203 g/mol. The van der Waals surface area contributed by atoms with Gasteiger partial charge < -0.3 is 0 Å². The summed E-state index contributed by atoms with van der Waals surface area (Å²) in [5.74, 6) is 0.408. The molecule has 0 bridgehead atoms. The van der Waals surface area contributed by atoms with Gasteiger partial charge in [-0.2, -0.15) is 13.2 Å². The normalized spacial score (nSPS) is 13.5. The van der Waals surface area contributed by atoms with Gasteiger partial charge in [0.2, 0.25) is 0 Å². The zero-order valence-electron chi connectivity index (χ0n) is 7.34. The van der Waals surface area contributed by atoms with Gasteiger partial charge >= 0.3 is 6.18 Å². The summed E-state index contributed by atoms with van der Waals surface area (Å²) in [7, 11) is 0. The molecule has 0 amide bonds. The lowest BCUT2D eigenvalue weighted by molar-refractivity contribution is -0.136. The molecule has 0 aliphatic rings. The van der Waals surface area contributed by atoms with E-state index in [-0.39, 0.29) is 11.8 Å². The number of alkyl halides is 4. The van der Waals surface area contributed by atoms with Crippen molar-refractivity contribution in [3.05, 3.63) is 0 Å². The van der Waals surface area contributed by atoms with Gasteiger partial charge in [-0.05, 0) is 18.3 Å². The molecule has 0 saturated heterocycles. The number of hydrogen-bond donors (Lipinski definition) is 0. The third-order valence-electron chi connectivity index (χ3n) is 1.68. The van der Waals surface area contributed by atoms with Crippen molar-refractivity contribution >= 4 is 11.6 Å². The maximum atomic E-state index is 11.7. The largest absolute Gasteiger partial charge is 0.389 e. The molecule has 0 aromatic carbocycles. The van der Waals surface area contributed by atoms with Crippen LogP contribution in [0.15, 0.2) is 0 Å². The van der Waals surface area contributed by atoms with Crippen molar-refractivity contribution in [2.24, 2.45) is 5.41 Å². The molecular formula is C8H14ClF3. The Kier molecular flexibility index (Phi) is 4.38. The Morgan fingerprint density at radius 2 is 1.58 bits per heavy atom. The van der Waals surface area contributed by atoms with E-state index < -0.39 is 12.6 Å². The Balaban J connectivity index is 3.57. The van der Waals surface area contributed by atoms with Crippen LogP contribution in [0, 0.1) is 5.41 Å². The number of halogens is 4. The predicted octanol–water partition coefficient (Wildman–Crippen LogP) is 3.98. The molecule has 0 aliphatic carbocycles. The molecule has 0 radical (unpaired) electrons. The third-order valence-corrected chi connectivity index (χ3v) is 2.40. The van der Waals surface area contributed by atoms with Crippen LogP contribution in [0.3, 0.4) is 0 Å². The van der Waals surface area contributed by atoms with Crippen molar-refractivity contribution in [1.29, 1.82) is 0 Å². The highest BCUT2D eigenvalue weighted by molar-refractivity contribution is 6.18. The van der Waals surface area contributed by atoms with Crippen LogP contribution in [-0.4, -0.2) is 12.1 Å². The van der Waals surface area contributed by atoms with Crippen LogP contribution < -0.4 is 0 Å². The van der Waals surface area contributed by atoms with Gasteiger partial charge in [0.15, 0.2) is 0 Å². The van der Waals surface area contributed by atoms with E-state index in [4.69, 9.17) is 11.6 Å². The molecule has 74 valence electrons. The van der Waals surface area contributed by atoms with Crippen molar-refractivity contribution in [1.82, 2.24) is 0 Å². The van der Waals surface area contributed by atoms with Crippen LogP contribution in [0.5, 0.6) is 0 Å². The minimum Gasteiger partial charge on any atom is -0.171 e. The highest BCUT2D eigenvalue weighted by Gasteiger charge is 2.27. The Labute approximate surface area is 76.1 Å². The Hall–Kier alpha value is 0.0800. The summed E-state index contributed by atoms with van der Waals surface area (Å²) in [6.07, 6.45) is -4.03. The van der Waals surface area contributed by atoms with E-state index in [2.05, 4.69) is 0 Å². The summed E-state index contributed by atoms with van der Waals surface area (Å²) in [5, 5.41) is 0. The second-order valence-corrected chi connectivity index (χ2v) is 4.03. The maximum Gasteiger partial charge on any atom is 0.389 e. The van der Waals surface area contributed by atoms with Crippen molar-refractivity contribution in [2.45, 2.75) is 39.3 Å². The van der Waals surface area contributed by atoms with Gasteiger partial charge in [-0.15, -0.1) is 11.6 Å². The van der Waals surface area contributed by atoms with Crippen LogP contribution in [0.4, 0.5) is 13.2 Å². The quantitative estimate of drug-likeness (QED) is 0.605. The molecule has 12 heavy (non-hydrogen) atoms. The van der Waals surface area contributed by atoms with Crippen LogP contribution in [0.1, 0.15) is 33.1 Å². The summed E-state index contributed by atoms with van der Waals surface area (Å²) >= 11 is 5.56. The molecule has 4 heteroatoms. The summed E-state index contributed by atoms with van der Waals surface area (Å²) in [6.45, 7) is 3.74. The summed E-state index contributed by atoms with van der Waals surface area (Å²) < 4.78 is 35.1. The van der Waals surface area contributed by atoms with Gasteiger partial charge in [0.05, 0.1) is 0 Å². The fourth-order valence-electron chi connectivity index (χ4n) is 0.834. The molecule has 0 rings (SSSR count). The van der Waals surface area contributed by atoms with E-state index in [1.165, 1.54) is 0 Å². The van der Waals surface area contributed by atoms with E-state index in [0.717, 1.165) is 0 Å². The number of rotatable bonds is 4. The van der Waals surface area contributed by atoms with E-state index >= 15 is 0 Å². The smallest absolute Gasteiger partial charge is 0.171 e. The first-order chi connectivity index (χ1) is 5.27. The second kappa shape index (κ2) is 4.35. The van der Waals surface area contributed by atoms with Crippen LogP contribution in [-0.2, 0) is 0 Å². The molecule has 0 spiro atoms. The minimum absolute atomic E-state index is 0.170. The van der Waals surface area contributed by atoms with Crippen molar-refractivity contribution < 1.29 is 13.2 Å². The first-order valence-corrected chi connectivity index (χ1v) is 4.43. The van der Waals surface area contributed by atoms with E-state index in [0.29, 0.717) is 12.3 Å². The monoisotopic (exact) mass is 202 g/mol. The maximum absolute atomic E-state index is 11.7. The first-order valence-electron chi connectivity index (χ1n) is 3.89. The Bertz CT molecular complexity index is 129. The molecule has 0 aliphatic heterocycles. The molecule has 0 aromatic heterocycles. The fraction of sp³-hybridized carbons (Fsp3) is 1.00. The van der Waals surface area contributed by atoms with Crippen LogP contribution in [0.2, 0.25) is 0 Å². The third kappa shape index (κ3) is 6.77. The van der Waals surface area contributed by atoms with E-state index in [1.807, 2.05) is 13.8 Å². The van der Waals surface area contributed by atoms with Gasteiger partial charge in [0.25, 0.3) is 0 Å². The van der Waals surface area contributed by atoms with Crippen molar-refractivity contribution in [3.63, 3.8) is 0 Å². The molecule has 0 aromatic rings. The van der Waals surface area contributed by atoms with Gasteiger partial charge in [-0.1, -0.05) is 13.8 Å². The summed E-state index contributed by atoms with van der Waals surface area (Å²) in [4.78, 5) is 0. The van der Waals surface area contributed by atoms with Gasteiger partial charge in [0.1, 0.15) is 0 Å². The highest BCUT2D eigenvalue weighted by atomic mass is 35.5. The average Bonchev–Trinajstić information content (AvgIpc) is 1.84. The predicted molar refractivity (Wildman–Crippen MR) is 44.4 cm³/mol. The molecule has 0 unspecified atom stereocenters. The SMILES string of the molecule is CC(C)(CCl)CCCC(F)(F)F. The van der Waals surface area contributed by atoms with Gasteiger partial charge in [-0.25, -0.2) is 0 Å². The lowest BCUT2D eigenvalue weighted by atomic mass is 9.89. The lowest BCUT2D eigenvalue weighted by Gasteiger charge is -2.21. The van der Waals surface area contributed by atoms with Crippen LogP contribution in [0.25, 0.3) is 0 Å². The van der Waals surface area contributed by atoms with Crippen molar-refractivity contribution in [3.8, 4) is 0 Å². The fourth-order valence-corrected chi connectivity index (χ4v) is 0.968. The lowest BCUT2D eigenvalue weighted by Crippen LogP contribution is -2.15. The van der Waals surface area contributed by atoms with Gasteiger partial charge in [-0.3, -0.25) is 0 Å². The first kappa shape index (κ1) is 12.1. The summed E-state index contributed by atoms with van der Waals surface area (Å²) in [6, 6.07) is 0. The molecule has 0 atom stereocenters. The van der Waals surface area contributed by atoms with Crippen LogP contribution >= 0.6 is 11.6 Å². The Morgan fingerprint density at radius 3 is 1.92 bits per heavy atom. The molecule has 0 saturated carbocycles. The van der Waals surface area contributed by atoms with Gasteiger partial charge in [0, 0.05) is 12.3 Å². The summed E-state index contributed by atoms with van der Waals surface area (Å²) in [5.41, 5.74) is -0.174.